The number of thiol groups is 1. The molecule has 1 aliphatic rings. The van der Waals surface area contributed by atoms with Crippen molar-refractivity contribution in [3.63, 3.8) is 0 Å². The van der Waals surface area contributed by atoms with Gasteiger partial charge in [0.15, 0.2) is 0 Å². The molecule has 2 nitrogen and oxygen atoms in total. The molecule has 3 rings (SSSR count). The minimum absolute atomic E-state index is 0.110. The van der Waals surface area contributed by atoms with Crippen molar-refractivity contribution in [3.05, 3.63) is 46.8 Å². The maximum Gasteiger partial charge on any atom is 0.251 e. The predicted molar refractivity (Wildman–Crippen MR) is 92.2 cm³/mol. The molecule has 0 aliphatic heterocycles. The molecule has 0 atom stereocenters. The Morgan fingerprint density at radius 1 is 1.00 bits per heavy atom. The fraction of sp³-hybridized carbons (Fsp3) is 0.500. The highest BCUT2D eigenvalue weighted by Gasteiger charge is 2.30. The molecule has 0 radical (unpaired) electrons. The summed E-state index contributed by atoms with van der Waals surface area (Å²) in [4.78, 5) is 12.4. The van der Waals surface area contributed by atoms with Gasteiger partial charge in [-0.2, -0.15) is 12.6 Å². The first-order valence-electron chi connectivity index (χ1n) is 7.94. The highest BCUT2D eigenvalue weighted by Crippen LogP contribution is 2.37. The molecule has 1 fully saturated rings. The van der Waals surface area contributed by atoms with Gasteiger partial charge in [-0.1, -0.05) is 43.9 Å². The summed E-state index contributed by atoms with van der Waals surface area (Å²) in [6, 6.07) is 11.8. The molecule has 112 valence electrons. The van der Waals surface area contributed by atoms with E-state index in [1.54, 1.807) is 6.07 Å². The van der Waals surface area contributed by atoms with Gasteiger partial charge in [0.05, 0.1) is 5.52 Å². The Balaban J connectivity index is 2.03. The van der Waals surface area contributed by atoms with E-state index in [1.807, 2.05) is 22.8 Å². The average molecular weight is 301 g/mol. The molecule has 21 heavy (non-hydrogen) atoms. The highest BCUT2D eigenvalue weighted by atomic mass is 32.1. The van der Waals surface area contributed by atoms with E-state index in [-0.39, 0.29) is 11.0 Å². The molecule has 0 N–H and O–H groups in total. The largest absolute Gasteiger partial charge is 0.308 e. The van der Waals surface area contributed by atoms with E-state index in [2.05, 4.69) is 24.8 Å². The average Bonchev–Trinajstić information content (AvgIpc) is 2.76. The van der Waals surface area contributed by atoms with Crippen LogP contribution in [0, 0.1) is 5.41 Å². The summed E-state index contributed by atoms with van der Waals surface area (Å²) in [6.45, 7) is 0.802. The Labute approximate surface area is 131 Å². The molecule has 1 aliphatic carbocycles. The summed E-state index contributed by atoms with van der Waals surface area (Å²) in [5.41, 5.74) is 1.34. The summed E-state index contributed by atoms with van der Waals surface area (Å²) in [5.74, 6) is 0.864. The lowest BCUT2D eigenvalue weighted by atomic mass is 9.82. The normalized spacial score (nSPS) is 18.5. The fourth-order valence-corrected chi connectivity index (χ4v) is 4.00. The van der Waals surface area contributed by atoms with Gasteiger partial charge < -0.3 is 4.57 Å². The maximum atomic E-state index is 12.4. The molecule has 0 bridgehead atoms. The van der Waals surface area contributed by atoms with Crippen LogP contribution in [0.1, 0.15) is 38.5 Å². The van der Waals surface area contributed by atoms with E-state index >= 15 is 0 Å². The van der Waals surface area contributed by atoms with Crippen LogP contribution in [-0.2, 0) is 6.54 Å². The number of hydrogen-bond acceptors (Lipinski definition) is 2. The molecule has 1 heterocycles. The predicted octanol–water partition coefficient (Wildman–Crippen LogP) is 4.27. The quantitative estimate of drug-likeness (QED) is 0.663. The molecule has 2 aromatic rings. The van der Waals surface area contributed by atoms with E-state index in [0.717, 1.165) is 23.2 Å². The van der Waals surface area contributed by atoms with Gasteiger partial charge in [-0.05, 0) is 41.5 Å². The molecule has 1 aromatic heterocycles. The molecular weight excluding hydrogens is 278 g/mol. The third-order valence-electron chi connectivity index (χ3n) is 4.89. The SMILES string of the molecule is O=c1ccc2ccccc2n1CC1(CS)CCCCCC1. The lowest BCUT2D eigenvalue weighted by Gasteiger charge is -2.32. The minimum Gasteiger partial charge on any atom is -0.308 e. The van der Waals surface area contributed by atoms with Crippen molar-refractivity contribution in [1.82, 2.24) is 4.57 Å². The van der Waals surface area contributed by atoms with Crippen LogP contribution in [0.2, 0.25) is 0 Å². The number of nitrogens with zero attached hydrogens (tertiary/aromatic N) is 1. The Bertz CT molecular complexity index is 668. The van der Waals surface area contributed by atoms with Crippen molar-refractivity contribution < 1.29 is 0 Å². The molecule has 0 spiro atoms. The van der Waals surface area contributed by atoms with Gasteiger partial charge in [0, 0.05) is 12.6 Å². The number of benzene rings is 1. The zero-order valence-electron chi connectivity index (χ0n) is 12.4. The van der Waals surface area contributed by atoms with Gasteiger partial charge in [0.2, 0.25) is 0 Å². The minimum atomic E-state index is 0.110. The monoisotopic (exact) mass is 301 g/mol. The Hall–Kier alpha value is -1.22. The van der Waals surface area contributed by atoms with Crippen LogP contribution in [0.25, 0.3) is 10.9 Å². The van der Waals surface area contributed by atoms with Crippen molar-refractivity contribution in [1.29, 1.82) is 0 Å². The first-order valence-corrected chi connectivity index (χ1v) is 8.57. The standard InChI is InChI=1S/C18H23NOS/c20-17-10-9-15-7-3-4-8-16(15)19(17)13-18(14-21)11-5-1-2-6-12-18/h3-4,7-10,21H,1-2,5-6,11-14H2. The Morgan fingerprint density at radius 2 is 1.71 bits per heavy atom. The van der Waals surface area contributed by atoms with Crippen molar-refractivity contribution in [2.45, 2.75) is 45.1 Å². The van der Waals surface area contributed by atoms with Gasteiger partial charge in [0.1, 0.15) is 0 Å². The smallest absolute Gasteiger partial charge is 0.251 e. The first-order chi connectivity index (χ1) is 10.2. The highest BCUT2D eigenvalue weighted by molar-refractivity contribution is 7.80. The second kappa shape index (κ2) is 6.27. The van der Waals surface area contributed by atoms with E-state index < -0.39 is 0 Å². The number of rotatable bonds is 3. The molecule has 0 saturated heterocycles. The molecule has 1 aromatic carbocycles. The topological polar surface area (TPSA) is 22.0 Å². The van der Waals surface area contributed by atoms with Gasteiger partial charge in [-0.15, -0.1) is 0 Å². The molecular formula is C18H23NOS. The van der Waals surface area contributed by atoms with Crippen LogP contribution in [0.4, 0.5) is 0 Å². The number of para-hydroxylation sites is 1. The number of pyridine rings is 1. The number of aromatic nitrogens is 1. The second-order valence-corrected chi connectivity index (χ2v) is 6.71. The number of fused-ring (bicyclic) bond motifs is 1. The van der Waals surface area contributed by atoms with E-state index in [4.69, 9.17) is 0 Å². The Morgan fingerprint density at radius 3 is 2.43 bits per heavy atom. The summed E-state index contributed by atoms with van der Waals surface area (Å²) in [5, 5.41) is 1.14. The summed E-state index contributed by atoms with van der Waals surface area (Å²) >= 11 is 4.64. The van der Waals surface area contributed by atoms with Crippen LogP contribution in [0.3, 0.4) is 0 Å². The Kier molecular flexibility index (Phi) is 4.39. The van der Waals surface area contributed by atoms with Crippen molar-refractivity contribution in [2.75, 3.05) is 5.75 Å². The zero-order valence-corrected chi connectivity index (χ0v) is 13.3. The summed E-state index contributed by atoms with van der Waals surface area (Å²) < 4.78 is 1.97. The lowest BCUT2D eigenvalue weighted by molar-refractivity contribution is 0.241. The van der Waals surface area contributed by atoms with Crippen LogP contribution < -0.4 is 5.56 Å². The third kappa shape index (κ3) is 3.03. The van der Waals surface area contributed by atoms with E-state index in [0.29, 0.717) is 0 Å². The first kappa shape index (κ1) is 14.7. The van der Waals surface area contributed by atoms with Gasteiger partial charge in [0.25, 0.3) is 5.56 Å². The van der Waals surface area contributed by atoms with Crippen LogP contribution in [0.5, 0.6) is 0 Å². The van der Waals surface area contributed by atoms with Crippen molar-refractivity contribution >= 4 is 23.5 Å². The summed E-state index contributed by atoms with van der Waals surface area (Å²) in [6.07, 6.45) is 7.54. The van der Waals surface area contributed by atoms with E-state index in [9.17, 15) is 4.79 Å². The van der Waals surface area contributed by atoms with Gasteiger partial charge >= 0.3 is 0 Å². The summed E-state index contributed by atoms with van der Waals surface area (Å²) in [7, 11) is 0. The lowest BCUT2D eigenvalue weighted by Crippen LogP contribution is -2.33. The fourth-order valence-electron chi connectivity index (χ4n) is 3.59. The molecule has 1 saturated carbocycles. The van der Waals surface area contributed by atoms with Gasteiger partial charge in [-0.25, -0.2) is 0 Å². The van der Waals surface area contributed by atoms with Crippen LogP contribution in [0.15, 0.2) is 41.2 Å². The maximum absolute atomic E-state index is 12.4. The molecule has 0 unspecified atom stereocenters. The third-order valence-corrected chi connectivity index (χ3v) is 5.56. The van der Waals surface area contributed by atoms with Crippen LogP contribution in [-0.4, -0.2) is 10.3 Å². The van der Waals surface area contributed by atoms with Gasteiger partial charge in [-0.3, -0.25) is 4.79 Å². The molecule has 3 heteroatoms. The molecule has 0 amide bonds. The van der Waals surface area contributed by atoms with E-state index in [1.165, 1.54) is 38.5 Å². The number of hydrogen-bond donors (Lipinski definition) is 1. The van der Waals surface area contributed by atoms with Crippen molar-refractivity contribution in [2.24, 2.45) is 5.41 Å². The zero-order chi connectivity index (χ0) is 14.7. The second-order valence-electron chi connectivity index (χ2n) is 6.39. The van der Waals surface area contributed by atoms with Crippen molar-refractivity contribution in [3.8, 4) is 0 Å². The van der Waals surface area contributed by atoms with Crippen LogP contribution >= 0.6 is 12.6 Å².